The van der Waals surface area contributed by atoms with Crippen molar-refractivity contribution in [3.8, 4) is 0 Å². The summed E-state index contributed by atoms with van der Waals surface area (Å²) in [6.45, 7) is 0. The summed E-state index contributed by atoms with van der Waals surface area (Å²) in [6.07, 6.45) is -2.80. The van der Waals surface area contributed by atoms with E-state index in [1.807, 2.05) is 0 Å². The first-order valence-corrected chi connectivity index (χ1v) is 4.63. The predicted molar refractivity (Wildman–Crippen MR) is 56.6 cm³/mol. The van der Waals surface area contributed by atoms with Crippen molar-refractivity contribution in [2.45, 2.75) is 6.18 Å². The van der Waals surface area contributed by atoms with Gasteiger partial charge in [-0.2, -0.15) is 13.2 Å². The number of carboxylic acids is 1. The molecule has 4 nitrogen and oxygen atoms in total. The molecule has 1 rings (SSSR count). The molecule has 3 N–H and O–H groups in total. The first kappa shape index (κ1) is 13.8. The lowest BCUT2D eigenvalue weighted by molar-refractivity contribution is -0.137. The molecule has 1 aromatic carbocycles. The molecule has 0 aliphatic heterocycles. The van der Waals surface area contributed by atoms with E-state index in [-0.39, 0.29) is 5.56 Å². The van der Waals surface area contributed by atoms with Crippen molar-refractivity contribution in [3.63, 3.8) is 0 Å². The van der Waals surface area contributed by atoms with Gasteiger partial charge in [0.2, 0.25) is 5.91 Å². The Balaban J connectivity index is 3.31. The van der Waals surface area contributed by atoms with Gasteiger partial charge in [-0.25, -0.2) is 4.79 Å². The first-order chi connectivity index (χ1) is 8.20. The second-order valence-electron chi connectivity index (χ2n) is 3.38. The number of hydrogen-bond donors (Lipinski definition) is 2. The van der Waals surface area contributed by atoms with Gasteiger partial charge in [0.05, 0.1) is 11.1 Å². The van der Waals surface area contributed by atoms with E-state index in [2.05, 4.69) is 0 Å². The number of aromatic carboxylic acids is 1. The van der Waals surface area contributed by atoms with E-state index in [1.54, 1.807) is 0 Å². The monoisotopic (exact) mass is 259 g/mol. The Bertz CT molecular complexity index is 521. The van der Waals surface area contributed by atoms with E-state index < -0.39 is 29.2 Å². The minimum atomic E-state index is -4.67. The van der Waals surface area contributed by atoms with E-state index in [1.165, 1.54) is 0 Å². The number of primary amides is 1. The van der Waals surface area contributed by atoms with Gasteiger partial charge in [0, 0.05) is 6.08 Å². The maximum atomic E-state index is 12.5. The van der Waals surface area contributed by atoms with Crippen LogP contribution >= 0.6 is 0 Å². The quantitative estimate of drug-likeness (QED) is 0.813. The van der Waals surface area contributed by atoms with Gasteiger partial charge >= 0.3 is 12.1 Å². The zero-order chi connectivity index (χ0) is 13.9. The minimum absolute atomic E-state index is 0.0685. The zero-order valence-corrected chi connectivity index (χ0v) is 8.86. The summed E-state index contributed by atoms with van der Waals surface area (Å²) < 4.78 is 37.5. The summed E-state index contributed by atoms with van der Waals surface area (Å²) in [5.41, 5.74) is 3.10. The summed E-state index contributed by atoms with van der Waals surface area (Å²) >= 11 is 0. The number of rotatable bonds is 3. The second-order valence-corrected chi connectivity index (χ2v) is 3.38. The van der Waals surface area contributed by atoms with Crippen molar-refractivity contribution in [1.29, 1.82) is 0 Å². The van der Waals surface area contributed by atoms with E-state index in [9.17, 15) is 22.8 Å². The number of hydrogen-bond acceptors (Lipinski definition) is 2. The molecular weight excluding hydrogens is 251 g/mol. The van der Waals surface area contributed by atoms with Crippen LogP contribution in [0.3, 0.4) is 0 Å². The average molecular weight is 259 g/mol. The van der Waals surface area contributed by atoms with Crippen LogP contribution in [0.25, 0.3) is 6.08 Å². The van der Waals surface area contributed by atoms with Crippen LogP contribution in [0.2, 0.25) is 0 Å². The standard InChI is InChI=1S/C11H8F3NO3/c12-11(13,14)8-4-6(1-2-9(15)16)3-7(5-8)10(17)18/h1-5H,(H2,15,16)(H,17,18). The molecule has 0 aromatic heterocycles. The first-order valence-electron chi connectivity index (χ1n) is 4.63. The van der Waals surface area contributed by atoms with Gasteiger partial charge in [0.15, 0.2) is 0 Å². The van der Waals surface area contributed by atoms with Gasteiger partial charge < -0.3 is 10.8 Å². The summed E-state index contributed by atoms with van der Waals surface area (Å²) in [5.74, 6) is -2.33. The van der Waals surface area contributed by atoms with Crippen LogP contribution in [0.5, 0.6) is 0 Å². The minimum Gasteiger partial charge on any atom is -0.478 e. The van der Waals surface area contributed by atoms with E-state index >= 15 is 0 Å². The molecule has 0 fully saturated rings. The normalized spacial score (nSPS) is 11.7. The summed E-state index contributed by atoms with van der Waals surface area (Å²) in [4.78, 5) is 21.2. The number of alkyl halides is 3. The molecule has 1 amide bonds. The third kappa shape index (κ3) is 3.62. The molecule has 18 heavy (non-hydrogen) atoms. The van der Waals surface area contributed by atoms with Gasteiger partial charge in [-0.05, 0) is 29.8 Å². The predicted octanol–water partition coefficient (Wildman–Crippen LogP) is 1.90. The molecule has 0 unspecified atom stereocenters. The zero-order valence-electron chi connectivity index (χ0n) is 8.86. The fourth-order valence-electron chi connectivity index (χ4n) is 1.21. The van der Waals surface area contributed by atoms with Crippen molar-refractivity contribution < 1.29 is 27.9 Å². The molecule has 0 saturated carbocycles. The number of halogens is 3. The Labute approximate surface area is 99.5 Å². The number of amides is 1. The van der Waals surface area contributed by atoms with Crippen LogP contribution in [0.1, 0.15) is 21.5 Å². The van der Waals surface area contributed by atoms with Gasteiger partial charge in [-0.3, -0.25) is 4.79 Å². The van der Waals surface area contributed by atoms with Crippen LogP contribution in [0, 0.1) is 0 Å². The number of carboxylic acid groups (broad SMARTS) is 1. The molecular formula is C11H8F3NO3. The number of benzene rings is 1. The summed E-state index contributed by atoms with van der Waals surface area (Å²) in [6, 6.07) is 2.26. The Kier molecular flexibility index (Phi) is 3.75. The molecule has 0 saturated heterocycles. The molecule has 0 aliphatic carbocycles. The van der Waals surface area contributed by atoms with Crippen molar-refractivity contribution in [2.24, 2.45) is 5.73 Å². The van der Waals surface area contributed by atoms with Gasteiger partial charge in [-0.1, -0.05) is 0 Å². The molecule has 0 aliphatic rings. The maximum absolute atomic E-state index is 12.5. The van der Waals surface area contributed by atoms with E-state index in [0.717, 1.165) is 24.3 Å². The fraction of sp³-hybridized carbons (Fsp3) is 0.0909. The fourth-order valence-corrected chi connectivity index (χ4v) is 1.21. The number of carbonyl (C=O) groups excluding carboxylic acids is 1. The van der Waals surface area contributed by atoms with Crippen molar-refractivity contribution >= 4 is 18.0 Å². The topological polar surface area (TPSA) is 80.4 Å². The van der Waals surface area contributed by atoms with Crippen molar-refractivity contribution in [3.05, 3.63) is 41.0 Å². The lowest BCUT2D eigenvalue weighted by Gasteiger charge is -2.08. The largest absolute Gasteiger partial charge is 0.478 e. The van der Waals surface area contributed by atoms with Crippen LogP contribution in [-0.2, 0) is 11.0 Å². The average Bonchev–Trinajstić information content (AvgIpc) is 2.24. The molecule has 0 bridgehead atoms. The second kappa shape index (κ2) is 4.91. The molecule has 1 aromatic rings. The van der Waals surface area contributed by atoms with Gasteiger partial charge in [0.1, 0.15) is 0 Å². The lowest BCUT2D eigenvalue weighted by atomic mass is 10.0. The van der Waals surface area contributed by atoms with E-state index in [0.29, 0.717) is 6.07 Å². The van der Waals surface area contributed by atoms with Crippen LogP contribution in [0.4, 0.5) is 13.2 Å². The third-order valence-corrected chi connectivity index (χ3v) is 1.97. The third-order valence-electron chi connectivity index (χ3n) is 1.97. The van der Waals surface area contributed by atoms with Crippen molar-refractivity contribution in [1.82, 2.24) is 0 Å². The van der Waals surface area contributed by atoms with Crippen LogP contribution < -0.4 is 5.73 Å². The Morgan fingerprint density at radius 3 is 2.28 bits per heavy atom. The maximum Gasteiger partial charge on any atom is 0.416 e. The molecule has 0 atom stereocenters. The highest BCUT2D eigenvalue weighted by atomic mass is 19.4. The Morgan fingerprint density at radius 1 is 1.22 bits per heavy atom. The highest BCUT2D eigenvalue weighted by molar-refractivity contribution is 5.92. The Hall–Kier alpha value is -2.31. The molecule has 96 valence electrons. The van der Waals surface area contributed by atoms with Crippen LogP contribution in [0.15, 0.2) is 24.3 Å². The highest BCUT2D eigenvalue weighted by Gasteiger charge is 2.31. The van der Waals surface area contributed by atoms with Gasteiger partial charge in [0.25, 0.3) is 0 Å². The number of carbonyl (C=O) groups is 2. The summed E-state index contributed by atoms with van der Waals surface area (Å²) in [7, 11) is 0. The highest BCUT2D eigenvalue weighted by Crippen LogP contribution is 2.31. The van der Waals surface area contributed by atoms with Crippen LogP contribution in [-0.4, -0.2) is 17.0 Å². The lowest BCUT2D eigenvalue weighted by Crippen LogP contribution is -2.08. The summed E-state index contributed by atoms with van der Waals surface area (Å²) in [5, 5.41) is 8.69. The van der Waals surface area contributed by atoms with Crippen molar-refractivity contribution in [2.75, 3.05) is 0 Å². The Morgan fingerprint density at radius 2 is 1.83 bits per heavy atom. The molecule has 0 radical (unpaired) electrons. The number of nitrogens with two attached hydrogens (primary N) is 1. The smallest absolute Gasteiger partial charge is 0.416 e. The van der Waals surface area contributed by atoms with E-state index in [4.69, 9.17) is 10.8 Å². The molecule has 0 heterocycles. The van der Waals surface area contributed by atoms with Gasteiger partial charge in [-0.15, -0.1) is 0 Å². The molecule has 7 heteroatoms. The SMILES string of the molecule is NC(=O)C=Cc1cc(C(=O)O)cc(C(F)(F)F)c1. The molecule has 0 spiro atoms.